The van der Waals surface area contributed by atoms with Gasteiger partial charge in [0.2, 0.25) is 0 Å². The van der Waals surface area contributed by atoms with Crippen LogP contribution < -0.4 is 0 Å². The Morgan fingerprint density at radius 3 is 2.59 bits per heavy atom. The van der Waals surface area contributed by atoms with E-state index in [2.05, 4.69) is 47.6 Å². The molecule has 0 bridgehead atoms. The van der Waals surface area contributed by atoms with Gasteiger partial charge in [0, 0.05) is 30.7 Å². The fraction of sp³-hybridized carbons (Fsp3) is 0.176. The third-order valence-electron chi connectivity index (χ3n) is 3.89. The number of rotatable bonds is 1. The zero-order valence-corrected chi connectivity index (χ0v) is 13.7. The van der Waals surface area contributed by atoms with Crippen LogP contribution in [0.25, 0.3) is 27.8 Å². The largest absolute Gasteiger partial charge is 0.680 e. The van der Waals surface area contributed by atoms with Crippen LogP contribution in [0.1, 0.15) is 12.5 Å². The van der Waals surface area contributed by atoms with E-state index in [1.807, 2.05) is 22.9 Å². The van der Waals surface area contributed by atoms with E-state index in [4.69, 9.17) is 5.32 Å². The van der Waals surface area contributed by atoms with Crippen LogP contribution in [-0.4, -0.2) is 15.0 Å². The summed E-state index contributed by atoms with van der Waals surface area (Å²) in [5.74, 6) is 0. The van der Waals surface area contributed by atoms with Crippen molar-refractivity contribution < 1.29 is 18.6 Å². The Bertz CT molecular complexity index is 810. The Hall–Kier alpha value is -2.04. The van der Waals surface area contributed by atoms with Gasteiger partial charge >= 0.3 is 0 Å². The molecule has 1 aliphatic rings. The van der Waals surface area contributed by atoms with Crippen LogP contribution in [-0.2, 0) is 31.6 Å². The Morgan fingerprint density at radius 1 is 1.05 bits per heavy atom. The van der Waals surface area contributed by atoms with E-state index in [0.29, 0.717) is 6.54 Å². The maximum atomic E-state index is 4.75. The zero-order chi connectivity index (χ0) is 14.2. The second kappa shape index (κ2) is 5.99. The first-order valence-electron chi connectivity index (χ1n) is 7.17. The summed E-state index contributed by atoms with van der Waals surface area (Å²) < 4.78 is 1.97. The first kappa shape index (κ1) is 14.9. The van der Waals surface area contributed by atoms with Gasteiger partial charge in [-0.1, -0.05) is 59.3 Å². The van der Waals surface area contributed by atoms with E-state index in [1.54, 1.807) is 0 Å². The summed E-state index contributed by atoms with van der Waals surface area (Å²) in [4.78, 5) is 0. The van der Waals surface area contributed by atoms with Gasteiger partial charge in [0.1, 0.15) is 5.69 Å². The molecule has 0 spiro atoms. The van der Waals surface area contributed by atoms with Crippen molar-refractivity contribution in [1.82, 2.24) is 15.0 Å². The number of hydrogen-bond acceptors (Lipinski definition) is 2. The zero-order valence-electron chi connectivity index (χ0n) is 12.3. The molecule has 0 aliphatic carbocycles. The molecule has 22 heavy (non-hydrogen) atoms. The van der Waals surface area contributed by atoms with Gasteiger partial charge in [-0.2, -0.15) is 0 Å². The van der Waals surface area contributed by atoms with E-state index >= 15 is 0 Å². The third kappa shape index (κ3) is 2.25. The second-order valence-electron chi connectivity index (χ2n) is 5.09. The van der Waals surface area contributed by atoms with Crippen molar-refractivity contribution in [1.29, 1.82) is 0 Å². The molecule has 1 aromatic heterocycles. The standard InChI is InChI=1S/C17H15N4.V/c1-2-21-17-13-8-4-3-7-12(13)11-18-15-10-6-5-9-14(15)16(17)19-20-21;/h3-10H,2,11H2,1H3;/q-1;. The van der Waals surface area contributed by atoms with Gasteiger partial charge in [-0.3, -0.25) is 0 Å². The van der Waals surface area contributed by atoms with Crippen LogP contribution in [0.5, 0.6) is 0 Å². The molecule has 1 aliphatic heterocycles. The Morgan fingerprint density at radius 2 is 1.77 bits per heavy atom. The molecule has 0 saturated heterocycles. The van der Waals surface area contributed by atoms with Crippen LogP contribution in [0.2, 0.25) is 0 Å². The molecule has 5 heteroatoms. The molecular formula is C17H15N4V-. The number of aromatic nitrogens is 3. The summed E-state index contributed by atoms with van der Waals surface area (Å²) in [5.41, 5.74) is 6.44. The molecule has 2 aromatic carbocycles. The van der Waals surface area contributed by atoms with Crippen molar-refractivity contribution in [2.45, 2.75) is 20.0 Å². The van der Waals surface area contributed by atoms with Gasteiger partial charge in [0.25, 0.3) is 0 Å². The Labute approximate surface area is 141 Å². The van der Waals surface area contributed by atoms with Crippen LogP contribution in [0.4, 0.5) is 5.69 Å². The number of hydrogen-bond donors (Lipinski definition) is 0. The van der Waals surface area contributed by atoms with Crippen molar-refractivity contribution in [2.24, 2.45) is 0 Å². The average molecular weight is 326 g/mol. The maximum absolute atomic E-state index is 4.75. The Balaban J connectivity index is 0.00000144. The molecule has 2 heterocycles. The van der Waals surface area contributed by atoms with E-state index in [-0.39, 0.29) is 18.6 Å². The summed E-state index contributed by atoms with van der Waals surface area (Å²) in [6, 6.07) is 16.5. The van der Waals surface area contributed by atoms with Crippen LogP contribution in [0, 0.1) is 0 Å². The molecule has 0 unspecified atom stereocenters. The number of fused-ring (bicyclic) bond motifs is 5. The molecule has 0 fully saturated rings. The minimum Gasteiger partial charge on any atom is -0.680 e. The normalized spacial score (nSPS) is 11.9. The first-order chi connectivity index (χ1) is 10.4. The second-order valence-corrected chi connectivity index (χ2v) is 5.09. The molecule has 3 aromatic rings. The van der Waals surface area contributed by atoms with Gasteiger partial charge in [-0.25, -0.2) is 4.68 Å². The van der Waals surface area contributed by atoms with Gasteiger partial charge in [-0.05, 0) is 12.5 Å². The van der Waals surface area contributed by atoms with E-state index in [0.717, 1.165) is 29.2 Å². The number of aryl methyl sites for hydroxylation is 1. The van der Waals surface area contributed by atoms with Crippen molar-refractivity contribution in [3.05, 3.63) is 59.4 Å². The summed E-state index contributed by atoms with van der Waals surface area (Å²) >= 11 is 0. The summed E-state index contributed by atoms with van der Waals surface area (Å²) in [6.45, 7) is 3.57. The van der Waals surface area contributed by atoms with E-state index in [1.165, 1.54) is 11.1 Å². The molecule has 0 saturated carbocycles. The quantitative estimate of drug-likeness (QED) is 0.674. The van der Waals surface area contributed by atoms with Crippen LogP contribution in [0.15, 0.2) is 48.5 Å². The molecule has 0 atom stereocenters. The summed E-state index contributed by atoms with van der Waals surface area (Å²) in [5, 5.41) is 13.5. The van der Waals surface area contributed by atoms with Crippen LogP contribution in [0.3, 0.4) is 0 Å². The van der Waals surface area contributed by atoms with Crippen molar-refractivity contribution >= 4 is 5.69 Å². The topological polar surface area (TPSA) is 44.8 Å². The molecule has 109 valence electrons. The van der Waals surface area contributed by atoms with Crippen molar-refractivity contribution in [3.63, 3.8) is 0 Å². The Kier molecular flexibility index (Phi) is 4.05. The van der Waals surface area contributed by atoms with E-state index < -0.39 is 0 Å². The first-order valence-corrected chi connectivity index (χ1v) is 7.17. The number of benzene rings is 2. The molecule has 0 N–H and O–H groups in total. The van der Waals surface area contributed by atoms with Crippen LogP contribution >= 0.6 is 0 Å². The van der Waals surface area contributed by atoms with Gasteiger partial charge in [-0.15, -0.1) is 17.3 Å². The molecule has 0 amide bonds. The van der Waals surface area contributed by atoms with Gasteiger partial charge in [0.05, 0.1) is 5.69 Å². The third-order valence-corrected chi connectivity index (χ3v) is 3.89. The SMILES string of the molecule is CCn1nnc2c1-c1ccccc1C[N-]c1ccccc1-2.[V]. The summed E-state index contributed by atoms with van der Waals surface area (Å²) in [6.07, 6.45) is 0. The monoisotopic (exact) mass is 326 g/mol. The fourth-order valence-corrected chi connectivity index (χ4v) is 2.85. The predicted molar refractivity (Wildman–Crippen MR) is 83.3 cm³/mol. The smallest absolute Gasteiger partial charge is 0.119 e. The minimum absolute atomic E-state index is 0. The molecule has 4 rings (SSSR count). The fourth-order valence-electron chi connectivity index (χ4n) is 2.85. The molecule has 1 radical (unpaired) electrons. The molecule has 4 nitrogen and oxygen atoms in total. The minimum atomic E-state index is 0. The van der Waals surface area contributed by atoms with E-state index in [9.17, 15) is 0 Å². The van der Waals surface area contributed by atoms with Gasteiger partial charge < -0.3 is 5.32 Å². The molecular weight excluding hydrogens is 311 g/mol. The maximum Gasteiger partial charge on any atom is 0.119 e. The number of nitrogens with zero attached hydrogens (tertiary/aromatic N) is 4. The van der Waals surface area contributed by atoms with Crippen molar-refractivity contribution in [2.75, 3.05) is 0 Å². The average Bonchev–Trinajstić information content (AvgIpc) is 2.95. The summed E-state index contributed by atoms with van der Waals surface area (Å²) in [7, 11) is 0. The number of para-hydroxylation sites is 1. The van der Waals surface area contributed by atoms with Crippen molar-refractivity contribution in [3.8, 4) is 22.5 Å². The predicted octanol–water partition coefficient (Wildman–Crippen LogP) is 4.15. The van der Waals surface area contributed by atoms with Gasteiger partial charge in [0.15, 0.2) is 0 Å².